The van der Waals surface area contributed by atoms with Gasteiger partial charge in [0.05, 0.1) is 0 Å². The van der Waals surface area contributed by atoms with Gasteiger partial charge in [-0.15, -0.1) is 0 Å². The summed E-state index contributed by atoms with van der Waals surface area (Å²) in [5.41, 5.74) is 0.784. The van der Waals surface area contributed by atoms with Gasteiger partial charge in [0.2, 0.25) is 0 Å². The summed E-state index contributed by atoms with van der Waals surface area (Å²) in [4.78, 5) is 2.52. The van der Waals surface area contributed by atoms with Gasteiger partial charge < -0.3 is 5.32 Å². The number of rotatable bonds is 8. The van der Waals surface area contributed by atoms with E-state index in [1.54, 1.807) is 12.1 Å². The fraction of sp³-hybridized carbons (Fsp3) is 0.625. The van der Waals surface area contributed by atoms with Crippen LogP contribution in [0, 0.1) is 5.82 Å². The average Bonchev–Trinajstić information content (AvgIpc) is 3.25. The van der Waals surface area contributed by atoms with Crippen LogP contribution < -0.4 is 5.32 Å². The fourth-order valence-corrected chi connectivity index (χ4v) is 2.56. The Kier molecular flexibility index (Phi) is 5.34. The Balaban J connectivity index is 2.02. The fourth-order valence-electron chi connectivity index (χ4n) is 2.56. The summed E-state index contributed by atoms with van der Waals surface area (Å²) >= 11 is 0. The van der Waals surface area contributed by atoms with Crippen LogP contribution in [0.2, 0.25) is 0 Å². The molecule has 0 heterocycles. The molecule has 0 amide bonds. The number of benzene rings is 1. The lowest BCUT2D eigenvalue weighted by molar-refractivity contribution is 0.231. The third-order valence-corrected chi connectivity index (χ3v) is 3.91. The number of likely N-dealkylation sites (N-methyl/N-ethyl adjacent to an activating group) is 1. The SMILES string of the molecule is CCCCN(CC(NC)c1ccccc1F)C1CC1. The van der Waals surface area contributed by atoms with E-state index in [4.69, 9.17) is 0 Å². The van der Waals surface area contributed by atoms with Gasteiger partial charge >= 0.3 is 0 Å². The average molecular weight is 264 g/mol. The van der Waals surface area contributed by atoms with Crippen molar-refractivity contribution in [1.29, 1.82) is 0 Å². The molecule has 0 bridgehead atoms. The van der Waals surface area contributed by atoms with E-state index in [1.807, 2.05) is 19.2 Å². The van der Waals surface area contributed by atoms with Gasteiger partial charge in [0.25, 0.3) is 0 Å². The molecule has 1 aliphatic carbocycles. The van der Waals surface area contributed by atoms with Crippen LogP contribution in [-0.4, -0.2) is 31.1 Å². The Labute approximate surface area is 116 Å². The van der Waals surface area contributed by atoms with Crippen molar-refractivity contribution in [3.63, 3.8) is 0 Å². The van der Waals surface area contributed by atoms with E-state index in [0.29, 0.717) is 0 Å². The normalized spacial score (nSPS) is 16.8. The number of unbranched alkanes of at least 4 members (excludes halogenated alkanes) is 1. The molecule has 1 aliphatic rings. The van der Waals surface area contributed by atoms with Gasteiger partial charge in [0.1, 0.15) is 5.82 Å². The Morgan fingerprint density at radius 3 is 2.68 bits per heavy atom. The van der Waals surface area contributed by atoms with Crippen LogP contribution in [0.1, 0.15) is 44.2 Å². The third-order valence-electron chi connectivity index (χ3n) is 3.91. The smallest absolute Gasteiger partial charge is 0.128 e. The molecule has 1 aromatic carbocycles. The standard InChI is InChI=1S/C16H25FN2/c1-3-4-11-19(13-9-10-13)12-16(18-2)14-7-5-6-8-15(14)17/h5-8,13,16,18H,3-4,9-12H2,1-2H3. The molecule has 0 aliphatic heterocycles. The predicted molar refractivity (Wildman–Crippen MR) is 77.7 cm³/mol. The molecule has 106 valence electrons. The first-order valence-electron chi connectivity index (χ1n) is 7.42. The minimum Gasteiger partial charge on any atom is -0.312 e. The van der Waals surface area contributed by atoms with Crippen molar-refractivity contribution in [3.8, 4) is 0 Å². The van der Waals surface area contributed by atoms with E-state index in [1.165, 1.54) is 25.7 Å². The second-order valence-corrected chi connectivity index (χ2v) is 5.44. The van der Waals surface area contributed by atoms with Crippen LogP contribution >= 0.6 is 0 Å². The summed E-state index contributed by atoms with van der Waals surface area (Å²) in [6.07, 6.45) is 5.05. The van der Waals surface area contributed by atoms with Crippen molar-refractivity contribution in [1.82, 2.24) is 10.2 Å². The van der Waals surface area contributed by atoms with E-state index < -0.39 is 0 Å². The summed E-state index contributed by atoms with van der Waals surface area (Å²) in [5, 5.41) is 3.27. The summed E-state index contributed by atoms with van der Waals surface area (Å²) in [5.74, 6) is -0.104. The minimum atomic E-state index is -0.104. The van der Waals surface area contributed by atoms with Gasteiger partial charge in [-0.2, -0.15) is 0 Å². The first-order valence-corrected chi connectivity index (χ1v) is 7.42. The molecule has 1 saturated carbocycles. The zero-order valence-electron chi connectivity index (χ0n) is 12.0. The van der Waals surface area contributed by atoms with Crippen molar-refractivity contribution in [3.05, 3.63) is 35.6 Å². The highest BCUT2D eigenvalue weighted by atomic mass is 19.1. The molecule has 1 unspecified atom stereocenters. The van der Waals surface area contributed by atoms with Gasteiger partial charge in [-0.05, 0) is 38.9 Å². The lowest BCUT2D eigenvalue weighted by Crippen LogP contribution is -2.36. The summed E-state index contributed by atoms with van der Waals surface area (Å²) < 4.78 is 13.9. The maximum Gasteiger partial charge on any atom is 0.128 e. The van der Waals surface area contributed by atoms with Crippen LogP contribution in [0.3, 0.4) is 0 Å². The lowest BCUT2D eigenvalue weighted by Gasteiger charge is -2.27. The molecule has 1 aromatic rings. The van der Waals surface area contributed by atoms with Crippen LogP contribution in [0.25, 0.3) is 0 Å². The molecule has 1 atom stereocenters. The Bertz CT molecular complexity index is 390. The molecule has 3 heteroatoms. The van der Waals surface area contributed by atoms with Crippen molar-refractivity contribution in [2.24, 2.45) is 0 Å². The number of nitrogens with zero attached hydrogens (tertiary/aromatic N) is 1. The van der Waals surface area contributed by atoms with E-state index in [2.05, 4.69) is 17.1 Å². The summed E-state index contributed by atoms with van der Waals surface area (Å²) in [6, 6.07) is 7.92. The van der Waals surface area contributed by atoms with E-state index in [-0.39, 0.29) is 11.9 Å². The Hall–Kier alpha value is -0.930. The molecular weight excluding hydrogens is 239 g/mol. The number of halogens is 1. The van der Waals surface area contributed by atoms with Gasteiger partial charge in [0.15, 0.2) is 0 Å². The number of hydrogen-bond acceptors (Lipinski definition) is 2. The first kappa shape index (κ1) is 14.5. The third kappa shape index (κ3) is 4.02. The van der Waals surface area contributed by atoms with Crippen LogP contribution in [0.15, 0.2) is 24.3 Å². The predicted octanol–water partition coefficient (Wildman–Crippen LogP) is 3.35. The summed E-state index contributed by atoms with van der Waals surface area (Å²) in [7, 11) is 1.92. The van der Waals surface area contributed by atoms with Crippen molar-refractivity contribution < 1.29 is 4.39 Å². The lowest BCUT2D eigenvalue weighted by atomic mass is 10.1. The van der Waals surface area contributed by atoms with Gasteiger partial charge in [-0.3, -0.25) is 4.90 Å². The second-order valence-electron chi connectivity index (χ2n) is 5.44. The minimum absolute atomic E-state index is 0.0821. The summed E-state index contributed by atoms with van der Waals surface area (Å²) in [6.45, 7) is 4.26. The van der Waals surface area contributed by atoms with Gasteiger partial charge in [0, 0.05) is 24.2 Å². The maximum atomic E-state index is 13.9. The highest BCUT2D eigenvalue weighted by Crippen LogP contribution is 2.29. The zero-order chi connectivity index (χ0) is 13.7. The highest BCUT2D eigenvalue weighted by Gasteiger charge is 2.30. The monoisotopic (exact) mass is 264 g/mol. The number of nitrogens with one attached hydrogen (secondary N) is 1. The molecule has 1 fully saturated rings. The molecule has 0 radical (unpaired) electrons. The van der Waals surface area contributed by atoms with E-state index >= 15 is 0 Å². The van der Waals surface area contributed by atoms with Crippen molar-refractivity contribution in [2.75, 3.05) is 20.1 Å². The Morgan fingerprint density at radius 2 is 2.11 bits per heavy atom. The van der Waals surface area contributed by atoms with Crippen LogP contribution in [0.5, 0.6) is 0 Å². The maximum absolute atomic E-state index is 13.9. The topological polar surface area (TPSA) is 15.3 Å². The molecular formula is C16H25FN2. The zero-order valence-corrected chi connectivity index (χ0v) is 12.0. The van der Waals surface area contributed by atoms with Crippen molar-refractivity contribution in [2.45, 2.75) is 44.7 Å². The van der Waals surface area contributed by atoms with E-state index in [0.717, 1.165) is 24.7 Å². The number of hydrogen-bond donors (Lipinski definition) is 1. The molecule has 0 aromatic heterocycles. The van der Waals surface area contributed by atoms with Gasteiger partial charge in [-0.1, -0.05) is 31.5 Å². The van der Waals surface area contributed by atoms with Crippen LogP contribution in [-0.2, 0) is 0 Å². The van der Waals surface area contributed by atoms with E-state index in [9.17, 15) is 4.39 Å². The van der Waals surface area contributed by atoms with Crippen molar-refractivity contribution >= 4 is 0 Å². The van der Waals surface area contributed by atoms with Gasteiger partial charge in [-0.25, -0.2) is 4.39 Å². The largest absolute Gasteiger partial charge is 0.312 e. The molecule has 1 N–H and O–H groups in total. The molecule has 2 nitrogen and oxygen atoms in total. The second kappa shape index (κ2) is 7.01. The molecule has 0 saturated heterocycles. The first-order chi connectivity index (χ1) is 9.26. The van der Waals surface area contributed by atoms with Crippen LogP contribution in [0.4, 0.5) is 4.39 Å². The molecule has 2 rings (SSSR count). The Morgan fingerprint density at radius 1 is 1.37 bits per heavy atom. The quantitative estimate of drug-likeness (QED) is 0.774. The highest BCUT2D eigenvalue weighted by molar-refractivity contribution is 5.21. The molecule has 0 spiro atoms. The molecule has 19 heavy (non-hydrogen) atoms.